The van der Waals surface area contributed by atoms with Crippen LogP contribution < -0.4 is 5.73 Å². The second-order valence-corrected chi connectivity index (χ2v) is 4.35. The molecule has 0 amide bonds. The van der Waals surface area contributed by atoms with Gasteiger partial charge in [-0.3, -0.25) is 0 Å². The first-order valence-corrected chi connectivity index (χ1v) is 5.36. The number of hydrogen-bond acceptors (Lipinski definition) is 4. The van der Waals surface area contributed by atoms with E-state index in [0.29, 0.717) is 6.54 Å². The van der Waals surface area contributed by atoms with Crippen LogP contribution in [0.2, 0.25) is 0 Å². The predicted molar refractivity (Wildman–Crippen MR) is 55.8 cm³/mol. The van der Waals surface area contributed by atoms with Gasteiger partial charge in [0.25, 0.3) is 0 Å². The Morgan fingerprint density at radius 1 is 1.57 bits per heavy atom. The van der Waals surface area contributed by atoms with Gasteiger partial charge in [0.1, 0.15) is 0 Å². The van der Waals surface area contributed by atoms with Crippen LogP contribution in [0.15, 0.2) is 0 Å². The highest BCUT2D eigenvalue weighted by Crippen LogP contribution is 2.18. The largest absolute Gasteiger partial charge is 0.476 e. The molecular formula is C9H14N2O2S. The summed E-state index contributed by atoms with van der Waals surface area (Å²) in [4.78, 5) is 15.5. The fourth-order valence-corrected chi connectivity index (χ4v) is 2.14. The molecule has 0 fully saturated rings. The molecule has 0 aliphatic carbocycles. The standard InChI is InChI=1S/C9H14N2O2S/c1-6-8(9(12)13)11-7(14-6)4-2-3-5-10/h2-5,10H2,1H3,(H,12,13). The summed E-state index contributed by atoms with van der Waals surface area (Å²) < 4.78 is 0. The van der Waals surface area contributed by atoms with Crippen LogP contribution in [0.1, 0.15) is 33.2 Å². The Balaban J connectivity index is 2.62. The van der Waals surface area contributed by atoms with Crippen molar-refractivity contribution in [1.29, 1.82) is 0 Å². The second-order valence-electron chi connectivity index (χ2n) is 3.06. The van der Waals surface area contributed by atoms with Crippen LogP contribution in [0, 0.1) is 6.92 Å². The Bertz CT molecular complexity index is 323. The molecular weight excluding hydrogens is 200 g/mol. The fraction of sp³-hybridized carbons (Fsp3) is 0.556. The van der Waals surface area contributed by atoms with Gasteiger partial charge in [-0.1, -0.05) is 0 Å². The van der Waals surface area contributed by atoms with Gasteiger partial charge in [-0.25, -0.2) is 9.78 Å². The third kappa shape index (κ3) is 2.78. The quantitative estimate of drug-likeness (QED) is 0.727. The van der Waals surface area contributed by atoms with E-state index in [-0.39, 0.29) is 5.69 Å². The van der Waals surface area contributed by atoms with Crippen molar-refractivity contribution in [1.82, 2.24) is 4.98 Å². The van der Waals surface area contributed by atoms with Gasteiger partial charge >= 0.3 is 5.97 Å². The molecule has 0 radical (unpaired) electrons. The normalized spacial score (nSPS) is 10.4. The van der Waals surface area contributed by atoms with Crippen molar-refractivity contribution in [2.75, 3.05) is 6.54 Å². The highest BCUT2D eigenvalue weighted by molar-refractivity contribution is 7.11. The number of nitrogens with two attached hydrogens (primary N) is 1. The van der Waals surface area contributed by atoms with Gasteiger partial charge < -0.3 is 10.8 Å². The number of hydrogen-bond donors (Lipinski definition) is 2. The molecule has 0 bridgehead atoms. The van der Waals surface area contributed by atoms with Gasteiger partial charge in [0.05, 0.1) is 5.01 Å². The molecule has 0 saturated carbocycles. The van der Waals surface area contributed by atoms with Crippen LogP contribution in [-0.4, -0.2) is 22.6 Å². The van der Waals surface area contributed by atoms with Gasteiger partial charge in [0.2, 0.25) is 0 Å². The van der Waals surface area contributed by atoms with E-state index in [0.717, 1.165) is 29.1 Å². The second kappa shape index (κ2) is 5.07. The van der Waals surface area contributed by atoms with E-state index in [4.69, 9.17) is 10.8 Å². The van der Waals surface area contributed by atoms with Crippen molar-refractivity contribution in [3.8, 4) is 0 Å². The number of thiazole rings is 1. The first kappa shape index (κ1) is 11.1. The molecule has 0 aliphatic rings. The van der Waals surface area contributed by atoms with Crippen molar-refractivity contribution in [2.24, 2.45) is 5.73 Å². The summed E-state index contributed by atoms with van der Waals surface area (Å²) in [6.07, 6.45) is 2.76. The summed E-state index contributed by atoms with van der Waals surface area (Å²) in [6.45, 7) is 2.46. The van der Waals surface area contributed by atoms with Crippen LogP contribution in [0.5, 0.6) is 0 Å². The monoisotopic (exact) mass is 214 g/mol. The number of aromatic nitrogens is 1. The molecule has 1 heterocycles. The minimum atomic E-state index is -0.941. The summed E-state index contributed by atoms with van der Waals surface area (Å²) in [5.41, 5.74) is 5.56. The number of aromatic carboxylic acids is 1. The van der Waals surface area contributed by atoms with Crippen LogP contribution in [-0.2, 0) is 6.42 Å². The molecule has 0 aromatic carbocycles. The smallest absolute Gasteiger partial charge is 0.355 e. The number of carbonyl (C=O) groups is 1. The Hall–Kier alpha value is -0.940. The van der Waals surface area contributed by atoms with Crippen LogP contribution in [0.25, 0.3) is 0 Å². The van der Waals surface area contributed by atoms with E-state index in [2.05, 4.69) is 4.98 Å². The minimum Gasteiger partial charge on any atom is -0.476 e. The summed E-state index contributed by atoms with van der Waals surface area (Å²) in [6, 6.07) is 0. The molecule has 0 spiro atoms. The van der Waals surface area contributed by atoms with E-state index in [9.17, 15) is 4.79 Å². The lowest BCUT2D eigenvalue weighted by Gasteiger charge is -1.93. The molecule has 1 aromatic rings. The lowest BCUT2D eigenvalue weighted by molar-refractivity contribution is 0.0690. The van der Waals surface area contributed by atoms with E-state index < -0.39 is 5.97 Å². The molecule has 0 unspecified atom stereocenters. The van der Waals surface area contributed by atoms with Crippen LogP contribution in [0.3, 0.4) is 0 Å². The number of carboxylic acid groups (broad SMARTS) is 1. The zero-order valence-electron chi connectivity index (χ0n) is 8.12. The Morgan fingerprint density at radius 3 is 2.79 bits per heavy atom. The van der Waals surface area contributed by atoms with Crippen LogP contribution in [0.4, 0.5) is 0 Å². The zero-order valence-corrected chi connectivity index (χ0v) is 8.93. The molecule has 3 N–H and O–H groups in total. The van der Waals surface area contributed by atoms with Crippen molar-refractivity contribution in [3.63, 3.8) is 0 Å². The SMILES string of the molecule is Cc1sc(CCCCN)nc1C(=O)O. The lowest BCUT2D eigenvalue weighted by atomic mass is 10.2. The number of nitrogens with zero attached hydrogens (tertiary/aromatic N) is 1. The Kier molecular flexibility index (Phi) is 4.03. The molecule has 0 saturated heterocycles. The van der Waals surface area contributed by atoms with Gasteiger partial charge in [0, 0.05) is 4.88 Å². The average molecular weight is 214 g/mol. The molecule has 0 atom stereocenters. The summed E-state index contributed by atoms with van der Waals surface area (Å²) >= 11 is 1.46. The minimum absolute atomic E-state index is 0.192. The van der Waals surface area contributed by atoms with Gasteiger partial charge in [-0.2, -0.15) is 0 Å². The third-order valence-corrected chi connectivity index (χ3v) is 2.92. The average Bonchev–Trinajstić information content (AvgIpc) is 2.47. The highest BCUT2D eigenvalue weighted by Gasteiger charge is 2.13. The summed E-state index contributed by atoms with van der Waals surface area (Å²) in [7, 11) is 0. The van der Waals surface area contributed by atoms with Gasteiger partial charge in [-0.15, -0.1) is 11.3 Å². The Morgan fingerprint density at radius 2 is 2.29 bits per heavy atom. The molecule has 5 heteroatoms. The van der Waals surface area contributed by atoms with Crippen LogP contribution >= 0.6 is 11.3 Å². The Labute approximate surface area is 86.8 Å². The van der Waals surface area contributed by atoms with Gasteiger partial charge in [-0.05, 0) is 32.7 Å². The van der Waals surface area contributed by atoms with E-state index in [1.54, 1.807) is 6.92 Å². The summed E-state index contributed by atoms with van der Waals surface area (Å²) in [5, 5.41) is 9.67. The lowest BCUT2D eigenvalue weighted by Crippen LogP contribution is -2.00. The third-order valence-electron chi connectivity index (χ3n) is 1.89. The maximum Gasteiger partial charge on any atom is 0.355 e. The molecule has 78 valence electrons. The highest BCUT2D eigenvalue weighted by atomic mass is 32.1. The molecule has 14 heavy (non-hydrogen) atoms. The fourth-order valence-electron chi connectivity index (χ4n) is 1.18. The molecule has 1 rings (SSSR count). The van der Waals surface area contributed by atoms with Gasteiger partial charge in [0.15, 0.2) is 5.69 Å². The van der Waals surface area contributed by atoms with Crippen molar-refractivity contribution in [3.05, 3.63) is 15.6 Å². The van der Waals surface area contributed by atoms with E-state index in [1.807, 2.05) is 0 Å². The molecule has 4 nitrogen and oxygen atoms in total. The molecule has 0 aliphatic heterocycles. The van der Waals surface area contributed by atoms with Crippen molar-refractivity contribution >= 4 is 17.3 Å². The number of carboxylic acids is 1. The number of rotatable bonds is 5. The predicted octanol–water partition coefficient (Wildman–Crippen LogP) is 1.43. The summed E-state index contributed by atoms with van der Waals surface area (Å²) in [5.74, 6) is -0.941. The molecule has 1 aromatic heterocycles. The maximum absolute atomic E-state index is 10.7. The number of unbranched alkanes of at least 4 members (excludes halogenated alkanes) is 1. The number of aryl methyl sites for hydroxylation is 2. The topological polar surface area (TPSA) is 76.2 Å². The van der Waals surface area contributed by atoms with E-state index in [1.165, 1.54) is 11.3 Å². The zero-order chi connectivity index (χ0) is 10.6. The first-order chi connectivity index (χ1) is 6.65. The van der Waals surface area contributed by atoms with Crippen molar-refractivity contribution < 1.29 is 9.90 Å². The van der Waals surface area contributed by atoms with E-state index >= 15 is 0 Å². The van der Waals surface area contributed by atoms with Crippen molar-refractivity contribution in [2.45, 2.75) is 26.2 Å². The first-order valence-electron chi connectivity index (χ1n) is 4.54. The maximum atomic E-state index is 10.7.